The third-order valence-electron chi connectivity index (χ3n) is 4.83. The second-order valence-electron chi connectivity index (χ2n) is 6.51. The van der Waals surface area contributed by atoms with E-state index in [2.05, 4.69) is 39.7 Å². The largest absolute Gasteiger partial charge is 0.357 e. The van der Waals surface area contributed by atoms with Gasteiger partial charge in [0.25, 0.3) is 0 Å². The van der Waals surface area contributed by atoms with Gasteiger partial charge in [0.2, 0.25) is 0 Å². The number of halogens is 2. The molecular formula is C20H26ClIN4. The van der Waals surface area contributed by atoms with Crippen LogP contribution in [0.15, 0.2) is 53.7 Å². The summed E-state index contributed by atoms with van der Waals surface area (Å²) in [7, 11) is 0. The molecule has 0 unspecified atom stereocenters. The smallest absolute Gasteiger partial charge is 0.191 e. The summed E-state index contributed by atoms with van der Waals surface area (Å²) in [6.45, 7) is 4.37. The fraction of sp³-hybridized carbons (Fsp3) is 0.400. The molecule has 1 aromatic carbocycles. The summed E-state index contributed by atoms with van der Waals surface area (Å²) >= 11 is 6.04. The van der Waals surface area contributed by atoms with E-state index >= 15 is 0 Å². The van der Waals surface area contributed by atoms with Crippen molar-refractivity contribution in [2.75, 3.05) is 13.1 Å². The molecule has 1 saturated carbocycles. The van der Waals surface area contributed by atoms with Crippen molar-refractivity contribution in [3.8, 4) is 0 Å². The highest BCUT2D eigenvalue weighted by atomic mass is 127. The number of guanidine groups is 1. The van der Waals surface area contributed by atoms with Gasteiger partial charge in [-0.05, 0) is 49.6 Å². The molecule has 4 nitrogen and oxygen atoms in total. The van der Waals surface area contributed by atoms with Crippen LogP contribution in [0.2, 0.25) is 5.02 Å². The first-order valence-electron chi connectivity index (χ1n) is 8.90. The highest BCUT2D eigenvalue weighted by Crippen LogP contribution is 2.43. The van der Waals surface area contributed by atoms with Crippen molar-refractivity contribution in [2.45, 2.75) is 38.1 Å². The minimum absolute atomic E-state index is 0. The molecule has 0 radical (unpaired) electrons. The van der Waals surface area contributed by atoms with Gasteiger partial charge in [0.05, 0.1) is 12.2 Å². The summed E-state index contributed by atoms with van der Waals surface area (Å²) in [5.74, 6) is 0.841. The molecule has 1 aliphatic carbocycles. The standard InChI is InChI=1S/C20H25ClN4.HI/c1-2-22-19(24-14-18-6-3-4-13-23-18)25-15-20(11-5-12-20)16-7-9-17(21)10-8-16;/h3-4,6-10,13H,2,5,11-12,14-15H2,1H3,(H2,22,24,25);1H. The van der Waals surface area contributed by atoms with E-state index in [1.54, 1.807) is 6.20 Å². The predicted octanol–water partition coefficient (Wildman–Crippen LogP) is 4.53. The van der Waals surface area contributed by atoms with Crippen LogP contribution in [0.1, 0.15) is 37.4 Å². The fourth-order valence-corrected chi connectivity index (χ4v) is 3.35. The number of aromatic nitrogens is 1. The molecule has 0 aliphatic heterocycles. The Labute approximate surface area is 177 Å². The lowest BCUT2D eigenvalue weighted by Crippen LogP contribution is -2.48. The van der Waals surface area contributed by atoms with Crippen molar-refractivity contribution in [2.24, 2.45) is 4.99 Å². The second-order valence-corrected chi connectivity index (χ2v) is 6.95. The van der Waals surface area contributed by atoms with Gasteiger partial charge in [-0.15, -0.1) is 24.0 Å². The van der Waals surface area contributed by atoms with E-state index in [-0.39, 0.29) is 29.4 Å². The van der Waals surface area contributed by atoms with E-state index in [0.717, 1.165) is 29.8 Å². The van der Waals surface area contributed by atoms with Crippen LogP contribution >= 0.6 is 35.6 Å². The SMILES string of the molecule is CCNC(=NCc1ccccn1)NCC1(c2ccc(Cl)cc2)CCC1.I. The third kappa shape index (κ3) is 5.33. The van der Waals surface area contributed by atoms with Gasteiger partial charge in [-0.2, -0.15) is 0 Å². The van der Waals surface area contributed by atoms with Gasteiger partial charge >= 0.3 is 0 Å². The molecule has 6 heteroatoms. The van der Waals surface area contributed by atoms with Gasteiger partial charge in [0, 0.05) is 29.7 Å². The summed E-state index contributed by atoms with van der Waals surface area (Å²) in [4.78, 5) is 8.99. The lowest BCUT2D eigenvalue weighted by molar-refractivity contribution is 0.244. The van der Waals surface area contributed by atoms with Crippen molar-refractivity contribution < 1.29 is 0 Å². The summed E-state index contributed by atoms with van der Waals surface area (Å²) in [5.41, 5.74) is 2.51. The van der Waals surface area contributed by atoms with Crippen molar-refractivity contribution >= 4 is 41.5 Å². The Bertz CT molecular complexity index is 700. The van der Waals surface area contributed by atoms with Crippen LogP contribution < -0.4 is 10.6 Å². The van der Waals surface area contributed by atoms with Gasteiger partial charge in [-0.25, -0.2) is 4.99 Å². The van der Waals surface area contributed by atoms with Gasteiger partial charge in [-0.3, -0.25) is 4.98 Å². The molecule has 3 rings (SSSR count). The third-order valence-corrected chi connectivity index (χ3v) is 5.08. The molecule has 1 heterocycles. The first-order chi connectivity index (χ1) is 12.2. The van der Waals surface area contributed by atoms with Gasteiger partial charge in [0.15, 0.2) is 5.96 Å². The number of rotatable bonds is 6. The van der Waals surface area contributed by atoms with Crippen molar-refractivity contribution in [3.05, 3.63) is 64.9 Å². The highest BCUT2D eigenvalue weighted by molar-refractivity contribution is 14.0. The number of pyridine rings is 1. The van der Waals surface area contributed by atoms with E-state index in [4.69, 9.17) is 11.6 Å². The maximum atomic E-state index is 6.04. The van der Waals surface area contributed by atoms with Crippen LogP contribution in [0.25, 0.3) is 0 Å². The average Bonchev–Trinajstić information content (AvgIpc) is 2.61. The second kappa shape index (κ2) is 10.1. The quantitative estimate of drug-likeness (QED) is 0.360. The summed E-state index contributed by atoms with van der Waals surface area (Å²) in [6, 6.07) is 14.2. The fourth-order valence-electron chi connectivity index (χ4n) is 3.22. The summed E-state index contributed by atoms with van der Waals surface area (Å²) < 4.78 is 0. The lowest BCUT2D eigenvalue weighted by atomic mass is 9.64. The maximum Gasteiger partial charge on any atom is 0.191 e. The zero-order valence-corrected chi connectivity index (χ0v) is 18.1. The minimum Gasteiger partial charge on any atom is -0.357 e. The highest BCUT2D eigenvalue weighted by Gasteiger charge is 2.38. The number of nitrogens with one attached hydrogen (secondary N) is 2. The predicted molar refractivity (Wildman–Crippen MR) is 119 cm³/mol. The molecule has 26 heavy (non-hydrogen) atoms. The Kier molecular flexibility index (Phi) is 8.15. The molecular weight excluding hydrogens is 459 g/mol. The van der Waals surface area contributed by atoms with Gasteiger partial charge < -0.3 is 10.6 Å². The van der Waals surface area contributed by atoms with Gasteiger partial charge in [0.1, 0.15) is 0 Å². The van der Waals surface area contributed by atoms with E-state index in [1.807, 2.05) is 30.3 Å². The van der Waals surface area contributed by atoms with Crippen LogP contribution in [-0.2, 0) is 12.0 Å². The molecule has 2 N–H and O–H groups in total. The molecule has 0 saturated heterocycles. The Morgan fingerprint density at radius 3 is 2.50 bits per heavy atom. The van der Waals surface area contributed by atoms with Gasteiger partial charge in [-0.1, -0.05) is 36.2 Å². The van der Waals surface area contributed by atoms with Crippen molar-refractivity contribution in [3.63, 3.8) is 0 Å². The van der Waals surface area contributed by atoms with Crippen molar-refractivity contribution in [1.82, 2.24) is 15.6 Å². The van der Waals surface area contributed by atoms with Crippen molar-refractivity contribution in [1.29, 1.82) is 0 Å². The topological polar surface area (TPSA) is 49.3 Å². The first-order valence-corrected chi connectivity index (χ1v) is 9.28. The maximum absolute atomic E-state index is 6.04. The first kappa shape index (κ1) is 21.0. The monoisotopic (exact) mass is 484 g/mol. The minimum atomic E-state index is 0. The molecule has 0 bridgehead atoms. The number of benzene rings is 1. The molecule has 2 aromatic rings. The average molecular weight is 485 g/mol. The van der Waals surface area contributed by atoms with Crippen LogP contribution in [0.5, 0.6) is 0 Å². The van der Waals surface area contributed by atoms with E-state index in [0.29, 0.717) is 6.54 Å². The summed E-state index contributed by atoms with van der Waals surface area (Å²) in [5, 5.41) is 7.64. The Balaban J connectivity index is 0.00000243. The van der Waals surface area contributed by atoms with Crippen LogP contribution in [0.4, 0.5) is 0 Å². The molecule has 140 valence electrons. The number of hydrogen-bond donors (Lipinski definition) is 2. The zero-order valence-electron chi connectivity index (χ0n) is 15.0. The number of hydrogen-bond acceptors (Lipinski definition) is 2. The van der Waals surface area contributed by atoms with E-state index in [1.165, 1.54) is 24.8 Å². The van der Waals surface area contributed by atoms with Crippen LogP contribution in [-0.4, -0.2) is 24.0 Å². The molecule has 0 amide bonds. The Hall–Kier alpha value is -1.34. The Morgan fingerprint density at radius 1 is 1.15 bits per heavy atom. The van der Waals surface area contributed by atoms with Crippen LogP contribution in [0.3, 0.4) is 0 Å². The molecule has 1 aliphatic rings. The molecule has 1 fully saturated rings. The normalized spacial score (nSPS) is 15.5. The summed E-state index contributed by atoms with van der Waals surface area (Å²) in [6.07, 6.45) is 5.46. The number of nitrogens with zero attached hydrogens (tertiary/aromatic N) is 2. The molecule has 0 atom stereocenters. The molecule has 0 spiro atoms. The lowest BCUT2D eigenvalue weighted by Gasteiger charge is -2.43. The Morgan fingerprint density at radius 2 is 1.92 bits per heavy atom. The van der Waals surface area contributed by atoms with Crippen LogP contribution in [0, 0.1) is 0 Å². The zero-order chi connectivity index (χ0) is 17.5. The number of aliphatic imine (C=N–C) groups is 1. The van der Waals surface area contributed by atoms with E-state index < -0.39 is 0 Å². The van der Waals surface area contributed by atoms with E-state index in [9.17, 15) is 0 Å². The molecule has 1 aromatic heterocycles.